The number of non-ortho nitro benzene ring substituents is 1. The first kappa shape index (κ1) is 20.3. The van der Waals surface area contributed by atoms with Crippen molar-refractivity contribution in [3.8, 4) is 5.75 Å². The zero-order valence-corrected chi connectivity index (χ0v) is 15.9. The largest absolute Gasteiger partial charge is 0.480 e. The van der Waals surface area contributed by atoms with Crippen molar-refractivity contribution in [1.82, 2.24) is 0 Å². The minimum atomic E-state index is -0.908. The minimum absolute atomic E-state index is 0.00807. The van der Waals surface area contributed by atoms with Gasteiger partial charge >= 0.3 is 0 Å². The van der Waals surface area contributed by atoms with Crippen molar-refractivity contribution in [2.75, 3.05) is 36.5 Å². The molecule has 1 aliphatic heterocycles. The number of aldehydes is 1. The molecule has 0 radical (unpaired) electrons. The van der Waals surface area contributed by atoms with Crippen LogP contribution in [-0.2, 0) is 9.53 Å². The maximum atomic E-state index is 12.4. The number of carbonyl (C=O) groups excluding carboxylic acids is 2. The molecular weight excluding hydrogens is 378 g/mol. The molecule has 152 valence electrons. The normalized spacial score (nSPS) is 14.7. The highest BCUT2D eigenvalue weighted by molar-refractivity contribution is 5.94. The molecule has 29 heavy (non-hydrogen) atoms. The van der Waals surface area contributed by atoms with Crippen molar-refractivity contribution in [3.05, 3.63) is 58.1 Å². The Kier molecular flexibility index (Phi) is 6.40. The van der Waals surface area contributed by atoms with Gasteiger partial charge in [-0.1, -0.05) is 0 Å². The lowest BCUT2D eigenvalue weighted by Crippen LogP contribution is -2.36. The first-order valence-corrected chi connectivity index (χ1v) is 9.12. The fourth-order valence-corrected chi connectivity index (χ4v) is 2.91. The standard InChI is InChI=1S/C20H21N3O6/c1-14(29-19-7-6-18(23(26)27)12-15(19)13-24)20(25)21-16-2-4-17(5-3-16)22-8-10-28-11-9-22/h2-7,12-14H,8-11H2,1H3,(H,21,25)/t14-/m1/s1. The molecule has 2 aromatic carbocycles. The summed E-state index contributed by atoms with van der Waals surface area (Å²) in [7, 11) is 0. The average molecular weight is 399 g/mol. The molecule has 0 aliphatic carbocycles. The number of nitro groups is 1. The molecule has 1 N–H and O–H groups in total. The van der Waals surface area contributed by atoms with E-state index in [4.69, 9.17) is 9.47 Å². The zero-order chi connectivity index (χ0) is 20.8. The third-order valence-corrected chi connectivity index (χ3v) is 4.52. The number of ether oxygens (including phenoxy) is 2. The van der Waals surface area contributed by atoms with Crippen LogP contribution in [0.15, 0.2) is 42.5 Å². The van der Waals surface area contributed by atoms with Crippen LogP contribution in [0.5, 0.6) is 5.75 Å². The second-order valence-electron chi connectivity index (χ2n) is 6.49. The van der Waals surface area contributed by atoms with E-state index in [0.29, 0.717) is 25.2 Å². The molecule has 1 aliphatic rings. The van der Waals surface area contributed by atoms with E-state index < -0.39 is 16.9 Å². The number of benzene rings is 2. The van der Waals surface area contributed by atoms with Crippen molar-refractivity contribution in [3.63, 3.8) is 0 Å². The van der Waals surface area contributed by atoms with Crippen molar-refractivity contribution in [2.24, 2.45) is 0 Å². The Hall–Kier alpha value is -3.46. The number of anilines is 2. The Bertz CT molecular complexity index is 894. The van der Waals surface area contributed by atoms with Gasteiger partial charge in [0.05, 0.1) is 23.7 Å². The molecular formula is C20H21N3O6. The monoisotopic (exact) mass is 399 g/mol. The van der Waals surface area contributed by atoms with Gasteiger partial charge in [0.1, 0.15) is 5.75 Å². The third-order valence-electron chi connectivity index (χ3n) is 4.52. The summed E-state index contributed by atoms with van der Waals surface area (Å²) in [4.78, 5) is 36.0. The first-order chi connectivity index (χ1) is 14.0. The summed E-state index contributed by atoms with van der Waals surface area (Å²) in [6.07, 6.45) is -0.453. The van der Waals surface area contributed by atoms with E-state index in [1.807, 2.05) is 12.1 Å². The van der Waals surface area contributed by atoms with Crippen LogP contribution in [0, 0.1) is 10.1 Å². The summed E-state index contributed by atoms with van der Waals surface area (Å²) in [5, 5.41) is 13.6. The van der Waals surface area contributed by atoms with Gasteiger partial charge in [-0.05, 0) is 37.3 Å². The average Bonchev–Trinajstić information content (AvgIpc) is 2.75. The highest BCUT2D eigenvalue weighted by Crippen LogP contribution is 2.24. The van der Waals surface area contributed by atoms with Crippen molar-refractivity contribution in [1.29, 1.82) is 0 Å². The van der Waals surface area contributed by atoms with Crippen LogP contribution < -0.4 is 15.0 Å². The Morgan fingerprint density at radius 2 is 1.93 bits per heavy atom. The van der Waals surface area contributed by atoms with Gasteiger partial charge < -0.3 is 19.7 Å². The molecule has 1 saturated heterocycles. The van der Waals surface area contributed by atoms with Crippen molar-refractivity contribution >= 4 is 29.3 Å². The first-order valence-electron chi connectivity index (χ1n) is 9.12. The van der Waals surface area contributed by atoms with Gasteiger partial charge in [0, 0.05) is 36.6 Å². The molecule has 2 aromatic rings. The van der Waals surface area contributed by atoms with E-state index in [-0.39, 0.29) is 17.0 Å². The summed E-state index contributed by atoms with van der Waals surface area (Å²) < 4.78 is 10.9. The second-order valence-corrected chi connectivity index (χ2v) is 6.49. The maximum absolute atomic E-state index is 12.4. The van der Waals surface area contributed by atoms with Crippen LogP contribution in [0.2, 0.25) is 0 Å². The number of nitrogens with one attached hydrogen (secondary N) is 1. The lowest BCUT2D eigenvalue weighted by Gasteiger charge is -2.29. The molecule has 0 aromatic heterocycles. The fraction of sp³-hybridized carbons (Fsp3) is 0.300. The number of hydrogen-bond acceptors (Lipinski definition) is 7. The van der Waals surface area contributed by atoms with Crippen LogP contribution in [0.25, 0.3) is 0 Å². The number of carbonyl (C=O) groups is 2. The van der Waals surface area contributed by atoms with Gasteiger partial charge in [-0.15, -0.1) is 0 Å². The molecule has 0 saturated carbocycles. The van der Waals surface area contributed by atoms with Crippen LogP contribution >= 0.6 is 0 Å². The van der Waals surface area contributed by atoms with E-state index in [1.165, 1.54) is 19.1 Å². The molecule has 9 nitrogen and oxygen atoms in total. The molecule has 1 fully saturated rings. The van der Waals surface area contributed by atoms with Crippen LogP contribution in [-0.4, -0.2) is 49.5 Å². The van der Waals surface area contributed by atoms with Gasteiger partial charge in [-0.25, -0.2) is 0 Å². The predicted octanol–water partition coefficient (Wildman–Crippen LogP) is 2.65. The Morgan fingerprint density at radius 3 is 2.55 bits per heavy atom. The number of morpholine rings is 1. The number of rotatable bonds is 7. The van der Waals surface area contributed by atoms with E-state index in [0.717, 1.165) is 24.8 Å². The number of amides is 1. The summed E-state index contributed by atoms with van der Waals surface area (Å²) >= 11 is 0. The van der Waals surface area contributed by atoms with Gasteiger partial charge in [0.15, 0.2) is 12.4 Å². The number of nitrogens with zero attached hydrogens (tertiary/aromatic N) is 2. The third kappa shape index (κ3) is 5.08. The molecule has 1 amide bonds. The highest BCUT2D eigenvalue weighted by atomic mass is 16.6. The van der Waals surface area contributed by atoms with Crippen LogP contribution in [0.1, 0.15) is 17.3 Å². The Morgan fingerprint density at radius 1 is 1.24 bits per heavy atom. The second kappa shape index (κ2) is 9.16. The molecule has 9 heteroatoms. The Balaban J connectivity index is 1.62. The molecule has 0 spiro atoms. The lowest BCUT2D eigenvalue weighted by molar-refractivity contribution is -0.384. The zero-order valence-electron chi connectivity index (χ0n) is 15.9. The highest BCUT2D eigenvalue weighted by Gasteiger charge is 2.19. The predicted molar refractivity (Wildman–Crippen MR) is 107 cm³/mol. The summed E-state index contributed by atoms with van der Waals surface area (Å²) in [5.41, 5.74) is 1.45. The SMILES string of the molecule is C[C@@H](Oc1ccc([N+](=O)[O-])cc1C=O)C(=O)Nc1ccc(N2CCOCC2)cc1. The quantitative estimate of drug-likeness (QED) is 0.433. The number of nitro benzene ring substituents is 1. The molecule has 1 heterocycles. The number of hydrogen-bond donors (Lipinski definition) is 1. The summed E-state index contributed by atoms with van der Waals surface area (Å²) in [6, 6.07) is 11.1. The van der Waals surface area contributed by atoms with Gasteiger partial charge in [-0.3, -0.25) is 19.7 Å². The van der Waals surface area contributed by atoms with E-state index >= 15 is 0 Å². The van der Waals surface area contributed by atoms with E-state index in [1.54, 1.807) is 12.1 Å². The summed E-state index contributed by atoms with van der Waals surface area (Å²) in [5.74, 6) is -0.296. The molecule has 0 bridgehead atoms. The molecule has 0 unspecified atom stereocenters. The Labute approximate surface area is 167 Å². The van der Waals surface area contributed by atoms with Gasteiger partial charge in [0.25, 0.3) is 11.6 Å². The summed E-state index contributed by atoms with van der Waals surface area (Å²) in [6.45, 7) is 4.57. The van der Waals surface area contributed by atoms with Crippen molar-refractivity contribution in [2.45, 2.75) is 13.0 Å². The smallest absolute Gasteiger partial charge is 0.270 e. The van der Waals surface area contributed by atoms with Crippen LogP contribution in [0.3, 0.4) is 0 Å². The van der Waals surface area contributed by atoms with Crippen molar-refractivity contribution < 1.29 is 24.0 Å². The van der Waals surface area contributed by atoms with E-state index in [2.05, 4.69) is 10.2 Å². The minimum Gasteiger partial charge on any atom is -0.480 e. The fourth-order valence-electron chi connectivity index (χ4n) is 2.91. The maximum Gasteiger partial charge on any atom is 0.270 e. The van der Waals surface area contributed by atoms with E-state index in [9.17, 15) is 19.7 Å². The lowest BCUT2D eigenvalue weighted by atomic mass is 10.2. The molecule has 1 atom stereocenters. The topological polar surface area (TPSA) is 111 Å². The van der Waals surface area contributed by atoms with Gasteiger partial charge in [-0.2, -0.15) is 0 Å². The van der Waals surface area contributed by atoms with Gasteiger partial charge in [0.2, 0.25) is 0 Å². The van der Waals surface area contributed by atoms with Crippen LogP contribution in [0.4, 0.5) is 17.1 Å². The molecule has 3 rings (SSSR count).